The summed E-state index contributed by atoms with van der Waals surface area (Å²) >= 11 is 6.36. The fourth-order valence-electron chi connectivity index (χ4n) is 3.12. The highest BCUT2D eigenvalue weighted by Crippen LogP contribution is 2.28. The minimum Gasteiger partial charge on any atom is -0.313 e. The predicted molar refractivity (Wildman–Crippen MR) is 87.3 cm³/mol. The average molecular weight is 295 g/mol. The molecule has 1 saturated heterocycles. The molecular weight excluding hydrogens is 268 g/mol. The maximum absolute atomic E-state index is 6.36. The summed E-state index contributed by atoms with van der Waals surface area (Å²) in [6, 6.07) is 9.22. The average Bonchev–Trinajstić information content (AvgIpc) is 2.63. The molecule has 1 fully saturated rings. The van der Waals surface area contributed by atoms with Gasteiger partial charge in [-0.1, -0.05) is 43.6 Å². The SMILES string of the molecule is CC(C)CC1CN(C(C)c2ccccc2Cl)CCCN1. The molecule has 0 saturated carbocycles. The lowest BCUT2D eigenvalue weighted by atomic mass is 10.0. The fourth-order valence-corrected chi connectivity index (χ4v) is 3.41. The number of benzene rings is 1. The Hall–Kier alpha value is -0.570. The summed E-state index contributed by atoms with van der Waals surface area (Å²) in [4.78, 5) is 2.58. The summed E-state index contributed by atoms with van der Waals surface area (Å²) in [6.07, 6.45) is 2.45. The summed E-state index contributed by atoms with van der Waals surface area (Å²) in [6.45, 7) is 10.3. The van der Waals surface area contributed by atoms with Crippen molar-refractivity contribution < 1.29 is 0 Å². The molecule has 20 heavy (non-hydrogen) atoms. The van der Waals surface area contributed by atoms with E-state index in [4.69, 9.17) is 11.6 Å². The Morgan fingerprint density at radius 2 is 2.05 bits per heavy atom. The zero-order chi connectivity index (χ0) is 14.5. The van der Waals surface area contributed by atoms with Crippen LogP contribution in [0.15, 0.2) is 24.3 Å². The summed E-state index contributed by atoms with van der Waals surface area (Å²) in [5, 5.41) is 4.58. The first-order valence-corrected chi connectivity index (χ1v) is 8.17. The van der Waals surface area contributed by atoms with Gasteiger partial charge in [0.15, 0.2) is 0 Å². The molecule has 0 spiro atoms. The number of hydrogen-bond acceptors (Lipinski definition) is 2. The van der Waals surface area contributed by atoms with E-state index in [0.717, 1.165) is 30.6 Å². The predicted octanol–water partition coefficient (Wildman–Crippen LogP) is 4.11. The summed E-state index contributed by atoms with van der Waals surface area (Å²) in [7, 11) is 0. The quantitative estimate of drug-likeness (QED) is 0.899. The molecule has 1 aromatic rings. The smallest absolute Gasteiger partial charge is 0.0453 e. The van der Waals surface area contributed by atoms with Crippen molar-refractivity contribution in [2.75, 3.05) is 19.6 Å². The van der Waals surface area contributed by atoms with E-state index in [2.05, 4.69) is 43.1 Å². The van der Waals surface area contributed by atoms with Crippen LogP contribution in [-0.2, 0) is 0 Å². The Balaban J connectivity index is 2.07. The van der Waals surface area contributed by atoms with E-state index in [9.17, 15) is 0 Å². The van der Waals surface area contributed by atoms with Crippen molar-refractivity contribution in [3.8, 4) is 0 Å². The van der Waals surface area contributed by atoms with Gasteiger partial charge in [0.1, 0.15) is 0 Å². The van der Waals surface area contributed by atoms with Crippen LogP contribution >= 0.6 is 11.6 Å². The monoisotopic (exact) mass is 294 g/mol. The fraction of sp³-hybridized carbons (Fsp3) is 0.647. The molecule has 2 nitrogen and oxygen atoms in total. The topological polar surface area (TPSA) is 15.3 Å². The summed E-state index contributed by atoms with van der Waals surface area (Å²) in [5.41, 5.74) is 1.25. The van der Waals surface area contributed by atoms with E-state index in [-0.39, 0.29) is 0 Å². The first kappa shape index (κ1) is 15.8. The van der Waals surface area contributed by atoms with Gasteiger partial charge in [-0.05, 0) is 43.9 Å². The first-order chi connectivity index (χ1) is 9.58. The van der Waals surface area contributed by atoms with Crippen LogP contribution in [0.4, 0.5) is 0 Å². The second kappa shape index (κ2) is 7.44. The Bertz CT molecular complexity index is 419. The second-order valence-corrected chi connectivity index (χ2v) is 6.73. The van der Waals surface area contributed by atoms with Gasteiger partial charge < -0.3 is 5.32 Å². The van der Waals surface area contributed by atoms with Crippen LogP contribution in [0.1, 0.15) is 45.2 Å². The summed E-state index contributed by atoms with van der Waals surface area (Å²) in [5.74, 6) is 0.739. The molecule has 2 rings (SSSR count). The highest BCUT2D eigenvalue weighted by atomic mass is 35.5. The highest BCUT2D eigenvalue weighted by Gasteiger charge is 2.23. The number of halogens is 1. The van der Waals surface area contributed by atoms with E-state index < -0.39 is 0 Å². The van der Waals surface area contributed by atoms with Crippen molar-refractivity contribution in [2.45, 2.75) is 45.7 Å². The molecule has 2 atom stereocenters. The molecule has 0 bridgehead atoms. The number of rotatable bonds is 4. The summed E-state index contributed by atoms with van der Waals surface area (Å²) < 4.78 is 0. The Morgan fingerprint density at radius 1 is 1.30 bits per heavy atom. The molecule has 112 valence electrons. The van der Waals surface area contributed by atoms with Crippen molar-refractivity contribution in [3.63, 3.8) is 0 Å². The van der Waals surface area contributed by atoms with Crippen molar-refractivity contribution in [3.05, 3.63) is 34.9 Å². The standard InChI is InChI=1S/C17H27ClN2/c1-13(2)11-15-12-20(10-6-9-19-15)14(3)16-7-4-5-8-17(16)18/h4-5,7-8,13-15,19H,6,9-12H2,1-3H3. The number of nitrogens with zero attached hydrogens (tertiary/aromatic N) is 1. The minimum absolute atomic E-state index is 0.387. The maximum atomic E-state index is 6.36. The Morgan fingerprint density at radius 3 is 2.75 bits per heavy atom. The second-order valence-electron chi connectivity index (χ2n) is 6.33. The molecule has 0 amide bonds. The zero-order valence-corrected chi connectivity index (χ0v) is 13.7. The van der Waals surface area contributed by atoms with E-state index in [1.807, 2.05) is 12.1 Å². The highest BCUT2D eigenvalue weighted by molar-refractivity contribution is 6.31. The third-order valence-corrected chi connectivity index (χ3v) is 4.51. The van der Waals surface area contributed by atoms with Gasteiger partial charge in [-0.2, -0.15) is 0 Å². The van der Waals surface area contributed by atoms with E-state index in [1.165, 1.54) is 18.4 Å². The lowest BCUT2D eigenvalue weighted by Crippen LogP contribution is -2.39. The first-order valence-electron chi connectivity index (χ1n) is 7.79. The normalized spacial score (nSPS) is 22.8. The van der Waals surface area contributed by atoms with E-state index in [1.54, 1.807) is 0 Å². The molecule has 0 aliphatic carbocycles. The van der Waals surface area contributed by atoms with Gasteiger partial charge >= 0.3 is 0 Å². The molecule has 1 aliphatic heterocycles. The minimum atomic E-state index is 0.387. The van der Waals surface area contributed by atoms with Crippen molar-refractivity contribution in [2.24, 2.45) is 5.92 Å². The molecular formula is C17H27ClN2. The van der Waals surface area contributed by atoms with E-state index in [0.29, 0.717) is 12.1 Å². The third-order valence-electron chi connectivity index (χ3n) is 4.17. The van der Waals surface area contributed by atoms with Gasteiger partial charge in [0.05, 0.1) is 0 Å². The molecule has 3 heteroatoms. The Labute approximate surface area is 128 Å². The lowest BCUT2D eigenvalue weighted by Gasteiger charge is -2.31. The van der Waals surface area contributed by atoms with Crippen molar-refractivity contribution >= 4 is 11.6 Å². The van der Waals surface area contributed by atoms with Crippen molar-refractivity contribution in [1.29, 1.82) is 0 Å². The van der Waals surface area contributed by atoms with Gasteiger partial charge in [0, 0.05) is 30.2 Å². The van der Waals surface area contributed by atoms with Crippen LogP contribution in [-0.4, -0.2) is 30.6 Å². The van der Waals surface area contributed by atoms with Crippen LogP contribution < -0.4 is 5.32 Å². The maximum Gasteiger partial charge on any atom is 0.0453 e. The molecule has 1 aromatic carbocycles. The lowest BCUT2D eigenvalue weighted by molar-refractivity contribution is 0.199. The van der Waals surface area contributed by atoms with Gasteiger partial charge in [0.2, 0.25) is 0 Å². The van der Waals surface area contributed by atoms with Crippen LogP contribution in [0.2, 0.25) is 5.02 Å². The van der Waals surface area contributed by atoms with Crippen LogP contribution in [0.5, 0.6) is 0 Å². The molecule has 1 aliphatic rings. The number of hydrogen-bond donors (Lipinski definition) is 1. The van der Waals surface area contributed by atoms with Crippen LogP contribution in [0.3, 0.4) is 0 Å². The Kier molecular flexibility index (Phi) is 5.88. The van der Waals surface area contributed by atoms with E-state index >= 15 is 0 Å². The van der Waals surface area contributed by atoms with Crippen molar-refractivity contribution in [1.82, 2.24) is 10.2 Å². The molecule has 0 radical (unpaired) electrons. The van der Waals surface area contributed by atoms with Crippen LogP contribution in [0, 0.1) is 5.92 Å². The van der Waals surface area contributed by atoms with Gasteiger partial charge in [-0.3, -0.25) is 4.90 Å². The molecule has 1 N–H and O–H groups in total. The molecule has 1 heterocycles. The largest absolute Gasteiger partial charge is 0.313 e. The molecule has 0 aromatic heterocycles. The number of nitrogens with one attached hydrogen (secondary N) is 1. The third kappa shape index (κ3) is 4.21. The molecule has 2 unspecified atom stereocenters. The van der Waals surface area contributed by atoms with Gasteiger partial charge in [0.25, 0.3) is 0 Å². The van der Waals surface area contributed by atoms with Gasteiger partial charge in [-0.25, -0.2) is 0 Å². The van der Waals surface area contributed by atoms with Gasteiger partial charge in [-0.15, -0.1) is 0 Å². The van der Waals surface area contributed by atoms with Crippen LogP contribution in [0.25, 0.3) is 0 Å². The zero-order valence-electron chi connectivity index (χ0n) is 12.9.